The summed E-state index contributed by atoms with van der Waals surface area (Å²) in [6, 6.07) is 9.24. The van der Waals surface area contributed by atoms with Crippen molar-refractivity contribution in [3.8, 4) is 0 Å². The number of anilines is 1. The van der Waals surface area contributed by atoms with E-state index in [-0.39, 0.29) is 32.3 Å². The second-order valence-electron chi connectivity index (χ2n) is 10.6. The van der Waals surface area contributed by atoms with Crippen molar-refractivity contribution in [2.45, 2.75) is 43.5 Å². The van der Waals surface area contributed by atoms with Crippen molar-refractivity contribution in [2.75, 3.05) is 31.5 Å². The number of nitrogens with one attached hydrogen (secondary N) is 3. The van der Waals surface area contributed by atoms with Gasteiger partial charge in [-0.25, -0.2) is 12.8 Å². The summed E-state index contributed by atoms with van der Waals surface area (Å²) in [6.07, 6.45) is 2.19. The van der Waals surface area contributed by atoms with Crippen LogP contribution < -0.4 is 10.6 Å². The number of sulfone groups is 1. The molecular formula is C30H31Cl2FN4O4S. The minimum atomic E-state index is -3.86. The van der Waals surface area contributed by atoms with Crippen molar-refractivity contribution in [1.29, 1.82) is 0 Å². The largest absolute Gasteiger partial charge is 0.358 e. The third-order valence-corrected chi connectivity index (χ3v) is 10.0. The summed E-state index contributed by atoms with van der Waals surface area (Å²) in [7, 11) is -3.86. The average Bonchev–Trinajstić information content (AvgIpc) is 3.40. The maximum Gasteiger partial charge on any atom is 0.256 e. The highest BCUT2D eigenvalue weighted by Gasteiger charge is 2.29. The minimum absolute atomic E-state index is 0.0203. The van der Waals surface area contributed by atoms with Crippen LogP contribution in [0.5, 0.6) is 0 Å². The quantitative estimate of drug-likeness (QED) is 0.281. The van der Waals surface area contributed by atoms with E-state index in [2.05, 4.69) is 15.6 Å². The molecule has 1 fully saturated rings. The van der Waals surface area contributed by atoms with Crippen LogP contribution >= 0.6 is 23.2 Å². The smallest absolute Gasteiger partial charge is 0.256 e. The van der Waals surface area contributed by atoms with Gasteiger partial charge in [-0.05, 0) is 75.2 Å². The first-order valence-corrected chi connectivity index (χ1v) is 16.0. The molecule has 42 heavy (non-hydrogen) atoms. The van der Waals surface area contributed by atoms with Gasteiger partial charge in [-0.1, -0.05) is 29.3 Å². The highest BCUT2D eigenvalue weighted by atomic mass is 35.5. The number of carbonyl (C=O) groups is 2. The van der Waals surface area contributed by atoms with Gasteiger partial charge < -0.3 is 15.6 Å². The van der Waals surface area contributed by atoms with Gasteiger partial charge in [0, 0.05) is 57.9 Å². The fourth-order valence-corrected chi connectivity index (χ4v) is 7.59. The number of rotatable bonds is 8. The summed E-state index contributed by atoms with van der Waals surface area (Å²) < 4.78 is 40.3. The van der Waals surface area contributed by atoms with E-state index in [1.165, 1.54) is 12.1 Å². The molecule has 0 saturated carbocycles. The Labute approximate surface area is 254 Å². The van der Waals surface area contributed by atoms with Crippen LogP contribution in [0.3, 0.4) is 0 Å². The van der Waals surface area contributed by atoms with E-state index in [1.54, 1.807) is 44.2 Å². The van der Waals surface area contributed by atoms with Gasteiger partial charge in [0.15, 0.2) is 9.84 Å². The molecule has 8 nitrogen and oxygen atoms in total. The molecule has 12 heteroatoms. The van der Waals surface area contributed by atoms with E-state index in [0.717, 1.165) is 13.0 Å². The molecule has 3 heterocycles. The molecule has 1 aromatic heterocycles. The first kappa shape index (κ1) is 30.3. The number of halogens is 3. The molecule has 0 bridgehead atoms. The van der Waals surface area contributed by atoms with Gasteiger partial charge in [0.05, 0.1) is 21.8 Å². The van der Waals surface area contributed by atoms with Crippen LogP contribution in [0, 0.1) is 13.8 Å². The lowest BCUT2D eigenvalue weighted by molar-refractivity contribution is -0.110. The second kappa shape index (κ2) is 12.2. The fourth-order valence-electron chi connectivity index (χ4n) is 5.47. The molecule has 1 saturated heterocycles. The van der Waals surface area contributed by atoms with Crippen LogP contribution in [0.4, 0.5) is 10.1 Å². The summed E-state index contributed by atoms with van der Waals surface area (Å²) in [6.45, 7) is 5.71. The molecule has 3 aromatic rings. The van der Waals surface area contributed by atoms with Crippen molar-refractivity contribution in [1.82, 2.24) is 15.2 Å². The Kier molecular flexibility index (Phi) is 8.80. The van der Waals surface area contributed by atoms with Crippen LogP contribution in [0.1, 0.15) is 51.3 Å². The maximum atomic E-state index is 13.7. The lowest BCUT2D eigenvalue weighted by Crippen LogP contribution is -2.41. The molecule has 0 spiro atoms. The van der Waals surface area contributed by atoms with Crippen molar-refractivity contribution in [2.24, 2.45) is 0 Å². The summed E-state index contributed by atoms with van der Waals surface area (Å²) in [5, 5.41) is 6.19. The number of hydrogen-bond acceptors (Lipinski definition) is 5. The number of alkyl halides is 1. The van der Waals surface area contributed by atoms with Crippen LogP contribution in [-0.4, -0.2) is 62.5 Å². The number of likely N-dealkylation sites (tertiary alicyclic amines) is 1. The molecular weight excluding hydrogens is 602 g/mol. The first-order chi connectivity index (χ1) is 19.9. The van der Waals surface area contributed by atoms with Gasteiger partial charge in [0.1, 0.15) is 6.17 Å². The van der Waals surface area contributed by atoms with E-state index in [0.29, 0.717) is 65.4 Å². The van der Waals surface area contributed by atoms with Crippen molar-refractivity contribution >= 4 is 62.2 Å². The predicted molar refractivity (Wildman–Crippen MR) is 163 cm³/mol. The van der Waals surface area contributed by atoms with E-state index in [9.17, 15) is 22.4 Å². The third-order valence-electron chi connectivity index (χ3n) is 7.68. The SMILES string of the molecule is Cc1[nH]c(C=C2C(=O)Nc3ccc(S(=O)(=O)Cc4c(Cl)cccc4Cl)cc32)c(C)c1C(=O)NCCN1CCCC(F)C1. The third kappa shape index (κ3) is 6.27. The number of benzene rings is 2. The number of aromatic amines is 1. The number of amides is 2. The minimum Gasteiger partial charge on any atom is -0.358 e. The fraction of sp³-hybridized carbons (Fsp3) is 0.333. The molecule has 2 aliphatic rings. The van der Waals surface area contributed by atoms with Crippen LogP contribution in [-0.2, 0) is 20.4 Å². The van der Waals surface area contributed by atoms with Crippen LogP contribution in [0.2, 0.25) is 10.0 Å². The van der Waals surface area contributed by atoms with Crippen LogP contribution in [0.15, 0.2) is 41.3 Å². The maximum absolute atomic E-state index is 13.7. The molecule has 2 aliphatic heterocycles. The number of hydrogen-bond donors (Lipinski definition) is 3. The molecule has 0 radical (unpaired) electrons. The standard InChI is InChI=1S/C30H31Cl2FN4O4S/c1-17-27(35-18(2)28(17)30(39)34-10-12-37-11-4-5-19(33)15-37)14-22-21-13-20(8-9-26(21)36-29(22)38)42(40,41)16-23-24(31)6-3-7-25(23)32/h3,6-9,13-14,19,35H,4-5,10-12,15-16H2,1-2H3,(H,34,39)(H,36,38). The lowest BCUT2D eigenvalue weighted by atomic mass is 10.0. The second-order valence-corrected chi connectivity index (χ2v) is 13.4. The molecule has 5 rings (SSSR count). The Morgan fingerprint density at radius 3 is 2.64 bits per heavy atom. The average molecular weight is 634 g/mol. The number of piperidine rings is 1. The normalized spacial score (nSPS) is 18.3. The zero-order chi connectivity index (χ0) is 30.2. The summed E-state index contributed by atoms with van der Waals surface area (Å²) in [4.78, 5) is 31.2. The number of fused-ring (bicyclic) bond motifs is 1. The lowest BCUT2D eigenvalue weighted by Gasteiger charge is -2.28. The number of nitrogens with zero attached hydrogens (tertiary/aromatic N) is 1. The molecule has 2 aromatic carbocycles. The van der Waals surface area contributed by atoms with Gasteiger partial charge >= 0.3 is 0 Å². The topological polar surface area (TPSA) is 111 Å². The van der Waals surface area contributed by atoms with Crippen molar-refractivity contribution in [3.63, 3.8) is 0 Å². The van der Waals surface area contributed by atoms with E-state index in [4.69, 9.17) is 23.2 Å². The Hall–Kier alpha value is -3.18. The van der Waals surface area contributed by atoms with Gasteiger partial charge in [0.25, 0.3) is 11.8 Å². The number of carbonyl (C=O) groups excluding carboxylic acids is 2. The summed E-state index contributed by atoms with van der Waals surface area (Å²) in [5.74, 6) is -1.05. The summed E-state index contributed by atoms with van der Waals surface area (Å²) in [5.41, 5.74) is 3.78. The zero-order valence-corrected chi connectivity index (χ0v) is 25.5. The molecule has 0 aliphatic carbocycles. The number of aromatic nitrogens is 1. The van der Waals surface area contributed by atoms with Gasteiger partial charge in [-0.3, -0.25) is 14.5 Å². The Bertz CT molecular complexity index is 1680. The van der Waals surface area contributed by atoms with E-state index < -0.39 is 21.8 Å². The molecule has 2 amide bonds. The van der Waals surface area contributed by atoms with E-state index in [1.807, 2.05) is 4.90 Å². The highest BCUT2D eigenvalue weighted by molar-refractivity contribution is 7.90. The van der Waals surface area contributed by atoms with Gasteiger partial charge in [0.2, 0.25) is 0 Å². The monoisotopic (exact) mass is 632 g/mol. The Morgan fingerprint density at radius 1 is 1.19 bits per heavy atom. The Morgan fingerprint density at radius 2 is 1.93 bits per heavy atom. The predicted octanol–water partition coefficient (Wildman–Crippen LogP) is 5.57. The highest BCUT2D eigenvalue weighted by Crippen LogP contribution is 2.37. The van der Waals surface area contributed by atoms with Crippen LogP contribution in [0.25, 0.3) is 11.6 Å². The zero-order valence-electron chi connectivity index (χ0n) is 23.2. The number of aryl methyl sites for hydroxylation is 1. The molecule has 222 valence electrons. The molecule has 3 N–H and O–H groups in total. The first-order valence-electron chi connectivity index (χ1n) is 13.6. The van der Waals surface area contributed by atoms with Crippen molar-refractivity contribution in [3.05, 3.63) is 80.1 Å². The summed E-state index contributed by atoms with van der Waals surface area (Å²) >= 11 is 12.4. The van der Waals surface area contributed by atoms with Gasteiger partial charge in [-0.2, -0.15) is 0 Å². The van der Waals surface area contributed by atoms with Gasteiger partial charge in [-0.15, -0.1) is 0 Å². The number of H-pyrrole nitrogens is 1. The molecule has 1 unspecified atom stereocenters. The van der Waals surface area contributed by atoms with E-state index >= 15 is 0 Å². The molecule has 1 atom stereocenters. The Balaban J connectivity index is 1.37. The van der Waals surface area contributed by atoms with Crippen molar-refractivity contribution < 1.29 is 22.4 Å².